The van der Waals surface area contributed by atoms with Crippen molar-refractivity contribution < 1.29 is 14.0 Å². The number of carboxylic acids is 1. The molecule has 0 aliphatic carbocycles. The average Bonchev–Trinajstić information content (AvgIpc) is 1.98. The first kappa shape index (κ1) is 6.00. The van der Waals surface area contributed by atoms with Crippen molar-refractivity contribution >= 4 is 5.97 Å². The molecule has 0 rings (SSSR count). The fraction of sp³-hybridized carbons (Fsp3) is 0.875. The summed E-state index contributed by atoms with van der Waals surface area (Å²) in [5.74, 6) is -1.44. The second kappa shape index (κ2) is 4.34. The quantitative estimate of drug-likeness (QED) is 0.654. The standard InChI is InChI=1S/C8H17NO2/c1-8(2,3)9-6-4-5-7(10)11/h9H,4-6H2,1-3H3,(H,10,11)/i4D2,5D. The zero-order valence-electron chi connectivity index (χ0n) is 10.1. The van der Waals surface area contributed by atoms with Crippen molar-refractivity contribution in [3.05, 3.63) is 0 Å². The summed E-state index contributed by atoms with van der Waals surface area (Å²) in [5.41, 5.74) is -0.286. The van der Waals surface area contributed by atoms with Crippen molar-refractivity contribution in [3.63, 3.8) is 0 Å². The van der Waals surface area contributed by atoms with E-state index in [1.807, 2.05) is 20.8 Å². The third kappa shape index (κ3) is 9.43. The second-order valence-corrected chi connectivity index (χ2v) is 3.29. The van der Waals surface area contributed by atoms with Crippen LogP contribution < -0.4 is 5.32 Å². The zero-order valence-corrected chi connectivity index (χ0v) is 7.14. The topological polar surface area (TPSA) is 49.3 Å². The third-order valence-electron chi connectivity index (χ3n) is 0.946. The Balaban J connectivity index is 4.27. The summed E-state index contributed by atoms with van der Waals surface area (Å²) in [5, 5.41) is 11.3. The maximum absolute atomic E-state index is 10.4. The number of rotatable bonds is 4. The van der Waals surface area contributed by atoms with Gasteiger partial charge in [-0.05, 0) is 33.7 Å². The Morgan fingerprint density at radius 3 is 2.55 bits per heavy atom. The second-order valence-electron chi connectivity index (χ2n) is 3.29. The first-order valence-electron chi connectivity index (χ1n) is 5.04. The molecule has 0 aromatic heterocycles. The number of carboxylic acid groups (broad SMARTS) is 1. The van der Waals surface area contributed by atoms with Crippen LogP contribution in [0.25, 0.3) is 0 Å². The summed E-state index contributed by atoms with van der Waals surface area (Å²) in [4.78, 5) is 10.4. The molecule has 2 N–H and O–H groups in total. The highest BCUT2D eigenvalue weighted by Gasteiger charge is 2.07. The van der Waals surface area contributed by atoms with Gasteiger partial charge in [0.2, 0.25) is 0 Å². The Labute approximate surface area is 72.0 Å². The first-order chi connectivity index (χ1) is 6.06. The van der Waals surface area contributed by atoms with Gasteiger partial charge in [-0.2, -0.15) is 0 Å². The molecule has 3 heteroatoms. The lowest BCUT2D eigenvalue weighted by Crippen LogP contribution is -2.36. The van der Waals surface area contributed by atoms with Crippen molar-refractivity contribution in [1.82, 2.24) is 5.32 Å². The number of carbonyl (C=O) groups is 1. The van der Waals surface area contributed by atoms with Crippen LogP contribution in [0.2, 0.25) is 0 Å². The van der Waals surface area contributed by atoms with E-state index in [9.17, 15) is 4.79 Å². The van der Waals surface area contributed by atoms with Crippen LogP contribution in [-0.2, 0) is 4.79 Å². The summed E-state index contributed by atoms with van der Waals surface area (Å²) in [6.45, 7) is 5.41. The molecular weight excluding hydrogens is 142 g/mol. The van der Waals surface area contributed by atoms with Gasteiger partial charge in [0.1, 0.15) is 0 Å². The molecule has 3 nitrogen and oxygen atoms in total. The van der Waals surface area contributed by atoms with Crippen LogP contribution >= 0.6 is 0 Å². The van der Waals surface area contributed by atoms with Crippen LogP contribution in [0.15, 0.2) is 0 Å². The minimum atomic E-state index is -2.06. The Bertz CT molecular complexity index is 213. The van der Waals surface area contributed by atoms with Crippen molar-refractivity contribution in [2.24, 2.45) is 0 Å². The van der Waals surface area contributed by atoms with Gasteiger partial charge < -0.3 is 10.4 Å². The van der Waals surface area contributed by atoms with Crippen molar-refractivity contribution in [2.45, 2.75) is 39.1 Å². The summed E-state index contributed by atoms with van der Waals surface area (Å²) >= 11 is 0. The van der Waals surface area contributed by atoms with Crippen LogP contribution in [0.5, 0.6) is 0 Å². The highest BCUT2D eigenvalue weighted by molar-refractivity contribution is 5.66. The van der Waals surface area contributed by atoms with Gasteiger partial charge >= 0.3 is 5.97 Å². The van der Waals surface area contributed by atoms with Gasteiger partial charge in [0.25, 0.3) is 0 Å². The largest absolute Gasteiger partial charge is 0.481 e. The lowest BCUT2D eigenvalue weighted by atomic mass is 10.1. The number of aliphatic carboxylic acids is 1. The monoisotopic (exact) mass is 162 g/mol. The molecule has 11 heavy (non-hydrogen) atoms. The van der Waals surface area contributed by atoms with Gasteiger partial charge in [-0.3, -0.25) is 4.79 Å². The Morgan fingerprint density at radius 1 is 1.64 bits per heavy atom. The molecule has 0 aromatic rings. The van der Waals surface area contributed by atoms with Crippen molar-refractivity contribution in [3.8, 4) is 0 Å². The minimum absolute atomic E-state index is 0.142. The third-order valence-corrected chi connectivity index (χ3v) is 0.946. The maximum atomic E-state index is 10.4. The summed E-state index contributed by atoms with van der Waals surface area (Å²) in [6.07, 6.45) is -3.81. The van der Waals surface area contributed by atoms with E-state index in [2.05, 4.69) is 5.32 Å². The predicted octanol–water partition coefficient (Wildman–Crippen LogP) is 1.24. The molecular formula is C8H17NO2. The molecule has 0 saturated heterocycles. The smallest absolute Gasteiger partial charge is 0.303 e. The van der Waals surface area contributed by atoms with E-state index >= 15 is 0 Å². The molecule has 0 bridgehead atoms. The normalized spacial score (nSPS) is 19.7. The summed E-state index contributed by atoms with van der Waals surface area (Å²) in [6, 6.07) is 0. The summed E-state index contributed by atoms with van der Waals surface area (Å²) < 4.78 is 21.9. The molecule has 0 spiro atoms. The molecule has 0 radical (unpaired) electrons. The van der Waals surface area contributed by atoms with Crippen LogP contribution in [0.4, 0.5) is 0 Å². The van der Waals surface area contributed by atoms with Crippen molar-refractivity contribution in [1.29, 1.82) is 0 Å². The molecule has 0 fully saturated rings. The fourth-order valence-corrected chi connectivity index (χ4v) is 0.455. The number of nitrogens with one attached hydrogen (secondary N) is 1. The van der Waals surface area contributed by atoms with E-state index in [0.29, 0.717) is 0 Å². The Kier molecular flexibility index (Phi) is 2.37. The van der Waals surface area contributed by atoms with Crippen molar-refractivity contribution in [2.75, 3.05) is 6.54 Å². The van der Waals surface area contributed by atoms with Gasteiger partial charge in [0.15, 0.2) is 0 Å². The molecule has 0 aliphatic rings. The zero-order chi connectivity index (χ0) is 11.6. The van der Waals surface area contributed by atoms with Gasteiger partial charge in [-0.15, -0.1) is 0 Å². The maximum Gasteiger partial charge on any atom is 0.303 e. The van der Waals surface area contributed by atoms with E-state index in [0.717, 1.165) is 0 Å². The van der Waals surface area contributed by atoms with Gasteiger partial charge in [0, 0.05) is 16.0 Å². The van der Waals surface area contributed by atoms with Gasteiger partial charge in [-0.1, -0.05) is 0 Å². The van der Waals surface area contributed by atoms with E-state index in [1.54, 1.807) is 0 Å². The number of hydrogen-bond donors (Lipinski definition) is 2. The Hall–Kier alpha value is -0.570. The van der Waals surface area contributed by atoms with Gasteiger partial charge in [-0.25, -0.2) is 0 Å². The average molecular weight is 162 g/mol. The molecule has 0 saturated carbocycles. The predicted molar refractivity (Wildman–Crippen MR) is 44.6 cm³/mol. The molecule has 1 atom stereocenters. The van der Waals surface area contributed by atoms with Crippen LogP contribution in [-0.4, -0.2) is 23.2 Å². The highest BCUT2D eigenvalue weighted by atomic mass is 16.4. The summed E-state index contributed by atoms with van der Waals surface area (Å²) in [7, 11) is 0. The van der Waals surface area contributed by atoms with Crippen LogP contribution in [0.1, 0.15) is 37.7 Å². The molecule has 66 valence electrons. The Morgan fingerprint density at radius 2 is 2.18 bits per heavy atom. The molecule has 1 unspecified atom stereocenters. The fourth-order valence-electron chi connectivity index (χ4n) is 0.455. The molecule has 0 aliphatic heterocycles. The van der Waals surface area contributed by atoms with Gasteiger partial charge in [0.05, 0.1) is 0 Å². The van der Waals surface area contributed by atoms with E-state index in [1.165, 1.54) is 0 Å². The van der Waals surface area contributed by atoms with Crippen LogP contribution in [0, 0.1) is 0 Å². The van der Waals surface area contributed by atoms with E-state index in [-0.39, 0.29) is 12.1 Å². The number of hydrogen-bond acceptors (Lipinski definition) is 2. The molecule has 0 heterocycles. The van der Waals surface area contributed by atoms with E-state index < -0.39 is 18.7 Å². The lowest BCUT2D eigenvalue weighted by molar-refractivity contribution is -0.137. The SMILES string of the molecule is [2H]C(C(=O)O)C([2H])([2H])CNC(C)(C)C. The molecule has 0 aromatic carbocycles. The molecule has 0 amide bonds. The van der Waals surface area contributed by atoms with Crippen LogP contribution in [0.3, 0.4) is 0 Å². The first-order valence-corrected chi connectivity index (χ1v) is 3.46. The highest BCUT2D eigenvalue weighted by Crippen LogP contribution is 1.98. The minimum Gasteiger partial charge on any atom is -0.481 e. The lowest BCUT2D eigenvalue weighted by Gasteiger charge is -2.19. The van der Waals surface area contributed by atoms with E-state index in [4.69, 9.17) is 9.22 Å².